The van der Waals surface area contributed by atoms with E-state index in [0.717, 1.165) is 25.7 Å². The van der Waals surface area contributed by atoms with Crippen LogP contribution in [0.25, 0.3) is 0 Å². The molecule has 0 aliphatic heterocycles. The van der Waals surface area contributed by atoms with Gasteiger partial charge in [-0.25, -0.2) is 4.39 Å². The van der Waals surface area contributed by atoms with Crippen LogP contribution >= 0.6 is 11.6 Å². The Labute approximate surface area is 114 Å². The first-order chi connectivity index (χ1) is 8.58. The molecule has 0 radical (unpaired) electrons. The second-order valence-corrected chi connectivity index (χ2v) is 5.41. The van der Waals surface area contributed by atoms with Crippen LogP contribution in [0, 0.1) is 11.2 Å². The summed E-state index contributed by atoms with van der Waals surface area (Å²) in [4.78, 5) is 0. The number of benzene rings is 1. The summed E-state index contributed by atoms with van der Waals surface area (Å²) in [6.07, 6.45) is 4.45. The predicted octanol–water partition coefficient (Wildman–Crippen LogP) is 4.60. The van der Waals surface area contributed by atoms with Gasteiger partial charge >= 0.3 is 0 Å². The summed E-state index contributed by atoms with van der Waals surface area (Å²) in [6, 6.07) is 5.07. The average Bonchev–Trinajstić information content (AvgIpc) is 2.40. The van der Waals surface area contributed by atoms with Crippen LogP contribution in [0.3, 0.4) is 0 Å². The number of unbranched alkanes of at least 4 members (excludes halogenated alkanes) is 1. The van der Waals surface area contributed by atoms with Gasteiger partial charge in [-0.2, -0.15) is 0 Å². The lowest BCUT2D eigenvalue weighted by atomic mass is 9.76. The molecule has 0 heterocycles. The van der Waals surface area contributed by atoms with Crippen LogP contribution in [0.2, 0.25) is 5.02 Å². The van der Waals surface area contributed by atoms with E-state index in [1.165, 1.54) is 0 Å². The van der Waals surface area contributed by atoms with E-state index in [1.807, 2.05) is 6.92 Å². The molecule has 18 heavy (non-hydrogen) atoms. The highest BCUT2D eigenvalue weighted by Crippen LogP contribution is 2.34. The van der Waals surface area contributed by atoms with Gasteiger partial charge in [0.25, 0.3) is 0 Å². The third-order valence-electron chi connectivity index (χ3n) is 3.74. The zero-order valence-corrected chi connectivity index (χ0v) is 11.9. The van der Waals surface area contributed by atoms with Crippen LogP contribution in [-0.4, -0.2) is 11.7 Å². The second kappa shape index (κ2) is 7.10. The van der Waals surface area contributed by atoms with Gasteiger partial charge in [-0.3, -0.25) is 0 Å². The van der Waals surface area contributed by atoms with Crippen molar-refractivity contribution in [3.8, 4) is 0 Å². The summed E-state index contributed by atoms with van der Waals surface area (Å²) < 4.78 is 13.9. The molecule has 1 nitrogen and oxygen atoms in total. The van der Waals surface area contributed by atoms with E-state index in [9.17, 15) is 9.50 Å². The minimum Gasteiger partial charge on any atom is -0.396 e. The minimum absolute atomic E-state index is 0.0927. The van der Waals surface area contributed by atoms with Crippen LogP contribution in [0.15, 0.2) is 18.2 Å². The topological polar surface area (TPSA) is 20.2 Å². The van der Waals surface area contributed by atoms with E-state index in [2.05, 4.69) is 6.92 Å². The fraction of sp³-hybridized carbons (Fsp3) is 0.600. The van der Waals surface area contributed by atoms with Crippen molar-refractivity contribution >= 4 is 11.6 Å². The van der Waals surface area contributed by atoms with Gasteiger partial charge in [0, 0.05) is 6.61 Å². The third-order valence-corrected chi connectivity index (χ3v) is 4.04. The van der Waals surface area contributed by atoms with E-state index in [-0.39, 0.29) is 22.9 Å². The average molecular weight is 273 g/mol. The quantitative estimate of drug-likeness (QED) is 0.769. The van der Waals surface area contributed by atoms with Crippen molar-refractivity contribution in [1.82, 2.24) is 0 Å². The Morgan fingerprint density at radius 3 is 2.61 bits per heavy atom. The lowest BCUT2D eigenvalue weighted by Gasteiger charge is -2.31. The monoisotopic (exact) mass is 272 g/mol. The molecule has 0 bridgehead atoms. The SMILES string of the molecule is CCCCC(CC)(CO)Cc1cccc(Cl)c1F. The Bertz CT molecular complexity index is 375. The van der Waals surface area contributed by atoms with Crippen molar-refractivity contribution < 1.29 is 9.50 Å². The van der Waals surface area contributed by atoms with E-state index < -0.39 is 0 Å². The molecule has 0 spiro atoms. The summed E-state index contributed by atoms with van der Waals surface area (Å²) >= 11 is 5.80. The Hall–Kier alpha value is -0.600. The van der Waals surface area contributed by atoms with Crippen LogP contribution in [-0.2, 0) is 6.42 Å². The molecule has 3 heteroatoms. The minimum atomic E-state index is -0.345. The molecule has 0 aliphatic rings. The van der Waals surface area contributed by atoms with Gasteiger partial charge in [-0.1, -0.05) is 50.4 Å². The number of aliphatic hydroxyl groups excluding tert-OH is 1. The highest BCUT2D eigenvalue weighted by Gasteiger charge is 2.28. The molecular formula is C15H22ClFO. The first kappa shape index (κ1) is 15.5. The Morgan fingerprint density at radius 1 is 1.33 bits per heavy atom. The first-order valence-electron chi connectivity index (χ1n) is 6.62. The van der Waals surface area contributed by atoms with Crippen LogP contribution in [0.4, 0.5) is 4.39 Å². The van der Waals surface area contributed by atoms with Crippen molar-refractivity contribution in [3.05, 3.63) is 34.6 Å². The number of rotatable bonds is 7. The zero-order chi connectivity index (χ0) is 13.6. The number of hydrogen-bond donors (Lipinski definition) is 1. The molecule has 102 valence electrons. The van der Waals surface area contributed by atoms with Crippen molar-refractivity contribution in [2.45, 2.75) is 46.0 Å². The molecular weight excluding hydrogens is 251 g/mol. The summed E-state index contributed by atoms with van der Waals surface area (Å²) in [5.41, 5.74) is 0.385. The fourth-order valence-corrected chi connectivity index (χ4v) is 2.47. The Morgan fingerprint density at radius 2 is 2.06 bits per heavy atom. The van der Waals surface area contributed by atoms with Crippen molar-refractivity contribution in [2.75, 3.05) is 6.61 Å². The predicted molar refractivity (Wildman–Crippen MR) is 74.4 cm³/mol. The van der Waals surface area contributed by atoms with Crippen LogP contribution in [0.1, 0.15) is 45.1 Å². The van der Waals surface area contributed by atoms with E-state index in [4.69, 9.17) is 11.6 Å². The molecule has 1 rings (SSSR count). The second-order valence-electron chi connectivity index (χ2n) is 5.00. The number of halogens is 2. The largest absolute Gasteiger partial charge is 0.396 e. The summed E-state index contributed by atoms with van der Waals surface area (Å²) in [6.45, 7) is 4.27. The van der Waals surface area contributed by atoms with E-state index in [0.29, 0.717) is 12.0 Å². The van der Waals surface area contributed by atoms with Gasteiger partial charge in [0.1, 0.15) is 5.82 Å². The van der Waals surface area contributed by atoms with Gasteiger partial charge in [0.15, 0.2) is 0 Å². The first-order valence-corrected chi connectivity index (χ1v) is 7.00. The molecule has 0 amide bonds. The van der Waals surface area contributed by atoms with Gasteiger partial charge in [-0.15, -0.1) is 0 Å². The summed E-state index contributed by atoms with van der Waals surface area (Å²) in [5, 5.41) is 9.83. The molecule has 1 aromatic carbocycles. The lowest BCUT2D eigenvalue weighted by molar-refractivity contribution is 0.106. The van der Waals surface area contributed by atoms with Crippen molar-refractivity contribution in [1.29, 1.82) is 0 Å². The van der Waals surface area contributed by atoms with Gasteiger partial charge in [0.2, 0.25) is 0 Å². The standard InChI is InChI=1S/C15H22ClFO/c1-3-5-9-15(4-2,11-18)10-12-7-6-8-13(16)14(12)17/h6-8,18H,3-5,9-11H2,1-2H3. The van der Waals surface area contributed by atoms with Gasteiger partial charge < -0.3 is 5.11 Å². The molecule has 0 aliphatic carbocycles. The maximum absolute atomic E-state index is 13.9. The van der Waals surface area contributed by atoms with Gasteiger partial charge in [-0.05, 0) is 36.3 Å². The summed E-state index contributed by atoms with van der Waals surface area (Å²) in [5.74, 6) is -0.345. The summed E-state index contributed by atoms with van der Waals surface area (Å²) in [7, 11) is 0. The normalized spacial score (nSPS) is 14.5. The Balaban J connectivity index is 2.92. The molecule has 0 saturated carbocycles. The third kappa shape index (κ3) is 3.69. The van der Waals surface area contributed by atoms with E-state index >= 15 is 0 Å². The molecule has 0 saturated heterocycles. The molecule has 0 fully saturated rings. The molecule has 1 atom stereocenters. The molecule has 1 aromatic rings. The maximum atomic E-state index is 13.9. The maximum Gasteiger partial charge on any atom is 0.144 e. The molecule has 1 N–H and O–H groups in total. The number of hydrogen-bond acceptors (Lipinski definition) is 1. The highest BCUT2D eigenvalue weighted by atomic mass is 35.5. The highest BCUT2D eigenvalue weighted by molar-refractivity contribution is 6.30. The smallest absolute Gasteiger partial charge is 0.144 e. The number of aliphatic hydroxyl groups is 1. The van der Waals surface area contributed by atoms with Crippen LogP contribution in [0.5, 0.6) is 0 Å². The van der Waals surface area contributed by atoms with Crippen LogP contribution < -0.4 is 0 Å². The van der Waals surface area contributed by atoms with E-state index in [1.54, 1.807) is 18.2 Å². The lowest BCUT2D eigenvalue weighted by Crippen LogP contribution is -2.28. The fourth-order valence-electron chi connectivity index (χ4n) is 2.28. The molecule has 1 unspecified atom stereocenters. The molecule has 0 aromatic heterocycles. The van der Waals surface area contributed by atoms with Crippen molar-refractivity contribution in [3.63, 3.8) is 0 Å². The zero-order valence-electron chi connectivity index (χ0n) is 11.2. The Kier molecular flexibility index (Phi) is 6.10. The van der Waals surface area contributed by atoms with Gasteiger partial charge in [0.05, 0.1) is 5.02 Å². The van der Waals surface area contributed by atoms with Crippen molar-refractivity contribution in [2.24, 2.45) is 5.41 Å².